The molecule has 84 valence electrons. The molecule has 0 aliphatic heterocycles. The van der Waals surface area contributed by atoms with Crippen molar-refractivity contribution in [2.75, 3.05) is 0 Å². The third kappa shape index (κ3) is 2.75. The van der Waals surface area contributed by atoms with E-state index in [0.717, 1.165) is 0 Å². The highest BCUT2D eigenvalue weighted by molar-refractivity contribution is 5.29. The lowest BCUT2D eigenvalue weighted by atomic mass is 9.95. The van der Waals surface area contributed by atoms with Crippen LogP contribution in [0.3, 0.4) is 0 Å². The van der Waals surface area contributed by atoms with Crippen LogP contribution in [-0.4, -0.2) is 0 Å². The first-order valence-electron chi connectivity index (χ1n) is 5.13. The van der Waals surface area contributed by atoms with Crippen molar-refractivity contribution in [1.29, 1.82) is 0 Å². The summed E-state index contributed by atoms with van der Waals surface area (Å²) >= 11 is 0. The summed E-state index contributed by atoms with van der Waals surface area (Å²) in [5.74, 6) is -0.742. The van der Waals surface area contributed by atoms with E-state index in [2.05, 4.69) is 0 Å². The van der Waals surface area contributed by atoms with Crippen LogP contribution < -0.4 is 5.73 Å². The maximum absolute atomic E-state index is 13.6. The van der Waals surface area contributed by atoms with Gasteiger partial charge in [-0.25, -0.2) is 8.78 Å². The fourth-order valence-corrected chi connectivity index (χ4v) is 1.64. The summed E-state index contributed by atoms with van der Waals surface area (Å²) in [7, 11) is 0. The second-order valence-corrected chi connectivity index (χ2v) is 4.33. The largest absolute Gasteiger partial charge is 0.324 e. The van der Waals surface area contributed by atoms with Gasteiger partial charge in [-0.2, -0.15) is 0 Å². The highest BCUT2D eigenvalue weighted by Crippen LogP contribution is 2.25. The topological polar surface area (TPSA) is 26.0 Å². The normalized spacial score (nSPS) is 13.3. The number of nitrogens with two attached hydrogens (primary N) is 1. The molecule has 1 aromatic rings. The zero-order chi connectivity index (χ0) is 11.6. The van der Waals surface area contributed by atoms with Crippen LogP contribution in [0.1, 0.15) is 37.4 Å². The van der Waals surface area contributed by atoms with Gasteiger partial charge in [0.05, 0.1) is 0 Å². The molecule has 0 bridgehead atoms. The lowest BCUT2D eigenvalue weighted by Crippen LogP contribution is -2.17. The molecule has 0 radical (unpaired) electrons. The van der Waals surface area contributed by atoms with Crippen molar-refractivity contribution in [3.63, 3.8) is 0 Å². The summed E-state index contributed by atoms with van der Waals surface area (Å²) in [4.78, 5) is 0. The molecule has 0 amide bonds. The van der Waals surface area contributed by atoms with E-state index in [1.54, 1.807) is 6.92 Å². The van der Waals surface area contributed by atoms with Gasteiger partial charge in [0.15, 0.2) is 0 Å². The maximum Gasteiger partial charge on any atom is 0.133 e. The summed E-state index contributed by atoms with van der Waals surface area (Å²) in [5, 5.41) is 0. The van der Waals surface area contributed by atoms with Crippen molar-refractivity contribution < 1.29 is 8.78 Å². The van der Waals surface area contributed by atoms with Crippen molar-refractivity contribution in [2.24, 2.45) is 11.7 Å². The third-order valence-corrected chi connectivity index (χ3v) is 2.42. The Balaban J connectivity index is 3.07. The summed E-state index contributed by atoms with van der Waals surface area (Å²) in [6, 6.07) is 2.13. The minimum absolute atomic E-state index is 0.0173. The molecule has 0 spiro atoms. The van der Waals surface area contributed by atoms with E-state index in [4.69, 9.17) is 5.73 Å². The molecule has 0 saturated carbocycles. The quantitative estimate of drug-likeness (QED) is 0.819. The van der Waals surface area contributed by atoms with Crippen molar-refractivity contribution in [1.82, 2.24) is 0 Å². The Bertz CT molecular complexity index is 348. The van der Waals surface area contributed by atoms with Gasteiger partial charge in [-0.1, -0.05) is 19.9 Å². The number of hydrogen-bond donors (Lipinski definition) is 1. The Morgan fingerprint density at radius 3 is 2.40 bits per heavy atom. The first kappa shape index (κ1) is 12.1. The zero-order valence-corrected chi connectivity index (χ0v) is 9.35. The van der Waals surface area contributed by atoms with E-state index in [1.165, 1.54) is 12.1 Å². The Morgan fingerprint density at radius 1 is 1.27 bits per heavy atom. The van der Waals surface area contributed by atoms with Crippen molar-refractivity contribution in [3.05, 3.63) is 34.9 Å². The molecule has 15 heavy (non-hydrogen) atoms. The van der Waals surface area contributed by atoms with Gasteiger partial charge in [0.2, 0.25) is 0 Å². The van der Waals surface area contributed by atoms with Crippen LogP contribution in [0.4, 0.5) is 8.78 Å². The molecule has 0 heterocycles. The lowest BCUT2D eigenvalue weighted by molar-refractivity contribution is 0.461. The molecule has 1 aromatic carbocycles. The first-order valence-corrected chi connectivity index (χ1v) is 5.13. The minimum Gasteiger partial charge on any atom is -0.324 e. The smallest absolute Gasteiger partial charge is 0.133 e. The van der Waals surface area contributed by atoms with Crippen LogP contribution in [0, 0.1) is 24.5 Å². The fourth-order valence-electron chi connectivity index (χ4n) is 1.64. The SMILES string of the molecule is Cc1ccc(F)c([C@@H](N)CC(C)C)c1F. The average Bonchev–Trinajstić information content (AvgIpc) is 2.11. The summed E-state index contributed by atoms with van der Waals surface area (Å²) < 4.78 is 27.1. The van der Waals surface area contributed by atoms with Crippen LogP contribution in [0.2, 0.25) is 0 Å². The van der Waals surface area contributed by atoms with Crippen LogP contribution in [-0.2, 0) is 0 Å². The van der Waals surface area contributed by atoms with Gasteiger partial charge in [-0.15, -0.1) is 0 Å². The highest BCUT2D eigenvalue weighted by Gasteiger charge is 2.18. The van der Waals surface area contributed by atoms with Crippen molar-refractivity contribution in [3.8, 4) is 0 Å². The molecule has 0 unspecified atom stereocenters. The number of aryl methyl sites for hydroxylation is 1. The molecule has 0 fully saturated rings. The van der Waals surface area contributed by atoms with E-state index in [-0.39, 0.29) is 5.56 Å². The van der Waals surface area contributed by atoms with Gasteiger partial charge in [0.25, 0.3) is 0 Å². The molecule has 0 aliphatic rings. The van der Waals surface area contributed by atoms with E-state index in [1.807, 2.05) is 13.8 Å². The van der Waals surface area contributed by atoms with Crippen LogP contribution >= 0.6 is 0 Å². The van der Waals surface area contributed by atoms with E-state index < -0.39 is 17.7 Å². The van der Waals surface area contributed by atoms with Gasteiger partial charge >= 0.3 is 0 Å². The van der Waals surface area contributed by atoms with E-state index in [0.29, 0.717) is 17.9 Å². The molecule has 3 heteroatoms. The van der Waals surface area contributed by atoms with E-state index in [9.17, 15) is 8.78 Å². The molecule has 1 nitrogen and oxygen atoms in total. The minimum atomic E-state index is -0.565. The molecule has 1 rings (SSSR count). The van der Waals surface area contributed by atoms with Crippen LogP contribution in [0.15, 0.2) is 12.1 Å². The maximum atomic E-state index is 13.6. The molecular formula is C12H17F2N. The molecule has 0 aromatic heterocycles. The second-order valence-electron chi connectivity index (χ2n) is 4.33. The Kier molecular flexibility index (Phi) is 3.80. The molecule has 2 N–H and O–H groups in total. The summed E-state index contributed by atoms with van der Waals surface area (Å²) in [5.41, 5.74) is 6.24. The standard InChI is InChI=1S/C12H17F2N/c1-7(2)6-10(15)11-9(13)5-4-8(3)12(11)14/h4-5,7,10H,6,15H2,1-3H3/t10-/m0/s1. The lowest BCUT2D eigenvalue weighted by Gasteiger charge is -2.16. The molecule has 0 aliphatic carbocycles. The third-order valence-electron chi connectivity index (χ3n) is 2.42. The highest BCUT2D eigenvalue weighted by atomic mass is 19.1. The number of hydrogen-bond acceptors (Lipinski definition) is 1. The predicted molar refractivity (Wildman–Crippen MR) is 57.5 cm³/mol. The van der Waals surface area contributed by atoms with Gasteiger partial charge in [-0.3, -0.25) is 0 Å². The van der Waals surface area contributed by atoms with Crippen LogP contribution in [0.5, 0.6) is 0 Å². The average molecular weight is 213 g/mol. The summed E-state index contributed by atoms with van der Waals surface area (Å²) in [6.07, 6.45) is 0.581. The molecule has 0 saturated heterocycles. The van der Waals surface area contributed by atoms with E-state index >= 15 is 0 Å². The van der Waals surface area contributed by atoms with Crippen LogP contribution in [0.25, 0.3) is 0 Å². The Morgan fingerprint density at radius 2 is 1.87 bits per heavy atom. The second kappa shape index (κ2) is 4.71. The monoisotopic (exact) mass is 213 g/mol. The zero-order valence-electron chi connectivity index (χ0n) is 9.35. The number of rotatable bonds is 3. The number of benzene rings is 1. The predicted octanol–water partition coefficient (Wildman–Crippen LogP) is 3.32. The van der Waals surface area contributed by atoms with Crippen molar-refractivity contribution in [2.45, 2.75) is 33.2 Å². The Hall–Kier alpha value is -0.960. The fraction of sp³-hybridized carbons (Fsp3) is 0.500. The first-order chi connectivity index (χ1) is 6.93. The van der Waals surface area contributed by atoms with Gasteiger partial charge < -0.3 is 5.73 Å². The summed E-state index contributed by atoms with van der Waals surface area (Å²) in [6.45, 7) is 5.57. The van der Waals surface area contributed by atoms with Gasteiger partial charge in [0.1, 0.15) is 11.6 Å². The molecule has 1 atom stereocenters. The number of halogens is 2. The Labute approximate surface area is 89.3 Å². The van der Waals surface area contributed by atoms with Gasteiger partial charge in [-0.05, 0) is 30.9 Å². The van der Waals surface area contributed by atoms with Crippen molar-refractivity contribution >= 4 is 0 Å². The van der Waals surface area contributed by atoms with Gasteiger partial charge in [0, 0.05) is 11.6 Å². The molecular weight excluding hydrogens is 196 g/mol.